The van der Waals surface area contributed by atoms with Crippen molar-refractivity contribution in [3.63, 3.8) is 0 Å². The highest BCUT2D eigenvalue weighted by molar-refractivity contribution is 4.21. The number of halogens is 6. The molecule has 0 unspecified atom stereocenters. The van der Waals surface area contributed by atoms with Gasteiger partial charge in [-0.3, -0.25) is 0 Å². The van der Waals surface area contributed by atoms with E-state index in [9.17, 15) is 0 Å². The molecule has 0 amide bonds. The van der Waals surface area contributed by atoms with E-state index in [0.29, 0.717) is 0 Å². The molecule has 42 heavy (non-hydrogen) atoms. The summed E-state index contributed by atoms with van der Waals surface area (Å²) in [6.07, 6.45) is 0. The molecule has 17 heteroatoms. The van der Waals surface area contributed by atoms with Crippen LogP contribution in [0, 0.1) is 0 Å². The SMILES string of the molecule is C[N+](C)(C)CCO.C[N+](C)(C)CCO.C[N+](C)(C)CCO.C[N+](C)(C)CCO.C[N+](C)(C)CCO.[Cl-].[Cl-].[Cl-].[Cl-].[Cl-].[Cl-].[NH4+]. The first-order valence-corrected chi connectivity index (χ1v) is 12.4. The molecule has 11 nitrogen and oxygen atoms in total. The molecular formula is C25H74Cl6N6O5. The standard InChI is InChI=1S/5C5H14NO.6ClH.H3N/c5*1-6(2,3)4-5-7;;;;;;;/h5*7H,4-5H2,1-3H3;6*1H;1H3/q5*+1;;;;;;;/p-5. The third-order valence-electron chi connectivity index (χ3n) is 3.85. The highest BCUT2D eigenvalue weighted by atomic mass is 35.5. The fourth-order valence-corrected chi connectivity index (χ4v) is 1.50. The van der Waals surface area contributed by atoms with Gasteiger partial charge < -0.3 is 129 Å². The zero-order valence-corrected chi connectivity index (χ0v) is 34.3. The number of rotatable bonds is 10. The molecule has 0 fully saturated rings. The van der Waals surface area contributed by atoms with Gasteiger partial charge in [0.2, 0.25) is 0 Å². The summed E-state index contributed by atoms with van der Waals surface area (Å²) in [6.45, 7) is 5.57. The maximum absolute atomic E-state index is 8.39. The van der Waals surface area contributed by atoms with Crippen molar-refractivity contribution in [2.75, 3.05) is 171 Å². The van der Waals surface area contributed by atoms with Crippen LogP contribution in [0.25, 0.3) is 0 Å². The Kier molecular flexibility index (Phi) is 79.6. The van der Waals surface area contributed by atoms with E-state index >= 15 is 0 Å². The first kappa shape index (κ1) is 79.1. The molecular weight excluding hydrogens is 677 g/mol. The van der Waals surface area contributed by atoms with Crippen molar-refractivity contribution >= 4 is 0 Å². The van der Waals surface area contributed by atoms with Crippen LogP contribution in [0.1, 0.15) is 0 Å². The lowest BCUT2D eigenvalue weighted by Crippen LogP contribution is -3.00. The lowest BCUT2D eigenvalue weighted by atomic mass is 10.5. The number of hydrogen-bond acceptors (Lipinski definition) is 5. The Morgan fingerprint density at radius 1 is 0.262 bits per heavy atom. The zero-order chi connectivity index (χ0) is 29.6. The van der Waals surface area contributed by atoms with Gasteiger partial charge in [0.25, 0.3) is 0 Å². The van der Waals surface area contributed by atoms with Crippen molar-refractivity contribution in [2.24, 2.45) is 0 Å². The van der Waals surface area contributed by atoms with Crippen LogP contribution in [0.2, 0.25) is 0 Å². The van der Waals surface area contributed by atoms with Crippen LogP contribution in [-0.4, -0.2) is 219 Å². The molecule has 0 radical (unpaired) electrons. The van der Waals surface area contributed by atoms with Gasteiger partial charge in [0, 0.05) is 0 Å². The second kappa shape index (κ2) is 42.3. The summed E-state index contributed by atoms with van der Waals surface area (Å²) >= 11 is 0. The fourth-order valence-electron chi connectivity index (χ4n) is 1.50. The van der Waals surface area contributed by atoms with Gasteiger partial charge in [-0.25, -0.2) is 0 Å². The predicted octanol–water partition coefficient (Wildman–Crippen LogP) is -19.2. The van der Waals surface area contributed by atoms with Gasteiger partial charge in [-0.2, -0.15) is 0 Å². The van der Waals surface area contributed by atoms with Crippen LogP contribution >= 0.6 is 0 Å². The summed E-state index contributed by atoms with van der Waals surface area (Å²) in [4.78, 5) is 0. The first-order valence-electron chi connectivity index (χ1n) is 12.4. The molecule has 9 N–H and O–H groups in total. The highest BCUT2D eigenvalue weighted by Gasteiger charge is 2.04. The van der Waals surface area contributed by atoms with E-state index in [-0.39, 0.29) is 114 Å². The third kappa shape index (κ3) is 148. The van der Waals surface area contributed by atoms with E-state index in [2.05, 4.69) is 106 Å². The quantitative estimate of drug-likeness (QED) is 0.123. The summed E-state index contributed by atoms with van der Waals surface area (Å²) in [5.74, 6) is 0. The number of quaternary nitrogens is 6. The van der Waals surface area contributed by atoms with Crippen molar-refractivity contribution in [3.05, 3.63) is 0 Å². The van der Waals surface area contributed by atoms with Gasteiger partial charge in [-0.05, 0) is 0 Å². The van der Waals surface area contributed by atoms with E-state index in [1.165, 1.54) is 0 Å². The number of hydrogen-bond donors (Lipinski definition) is 6. The van der Waals surface area contributed by atoms with E-state index < -0.39 is 0 Å². The molecule has 276 valence electrons. The Bertz CT molecular complexity index is 353. The minimum absolute atomic E-state index is 0. The van der Waals surface area contributed by atoms with Crippen LogP contribution in [-0.2, 0) is 0 Å². The van der Waals surface area contributed by atoms with Crippen LogP contribution in [0.15, 0.2) is 0 Å². The van der Waals surface area contributed by atoms with Crippen molar-refractivity contribution in [1.29, 1.82) is 0 Å². The van der Waals surface area contributed by atoms with Gasteiger partial charge in [-0.1, -0.05) is 0 Å². The van der Waals surface area contributed by atoms with Crippen LogP contribution in [0.4, 0.5) is 0 Å². The summed E-state index contributed by atoms with van der Waals surface area (Å²) in [6, 6.07) is 0. The molecule has 0 spiro atoms. The molecule has 0 aliphatic heterocycles. The largest absolute Gasteiger partial charge is 1.00 e. The Morgan fingerprint density at radius 2 is 0.333 bits per heavy atom. The lowest BCUT2D eigenvalue weighted by molar-refractivity contribution is -0.870. The molecule has 0 aromatic carbocycles. The molecule has 0 aliphatic rings. The smallest absolute Gasteiger partial charge is 0.101 e. The molecule has 0 rings (SSSR count). The highest BCUT2D eigenvalue weighted by Crippen LogP contribution is 1.87. The Balaban J connectivity index is -0.0000000257. The second-order valence-electron chi connectivity index (χ2n) is 13.7. The molecule has 0 aromatic heterocycles. The molecule has 0 aliphatic carbocycles. The topological polar surface area (TPSA) is 138 Å². The molecule has 0 saturated heterocycles. The minimum Gasteiger partial charge on any atom is -1.00 e. The average Bonchev–Trinajstić information content (AvgIpc) is 2.51. The van der Waals surface area contributed by atoms with E-state index in [4.69, 9.17) is 25.5 Å². The summed E-state index contributed by atoms with van der Waals surface area (Å²) in [7, 11) is 30.8. The molecule has 0 saturated carbocycles. The molecule has 0 heterocycles. The predicted molar refractivity (Wildman–Crippen MR) is 156 cm³/mol. The molecule has 0 bridgehead atoms. The Morgan fingerprint density at radius 3 is 0.333 bits per heavy atom. The molecule has 0 aromatic rings. The van der Waals surface area contributed by atoms with Crippen molar-refractivity contribution in [3.8, 4) is 0 Å². The Hall–Kier alpha value is 1.30. The van der Waals surface area contributed by atoms with Crippen molar-refractivity contribution < 1.29 is 122 Å². The monoisotopic (exact) mass is 748 g/mol. The minimum atomic E-state index is 0. The second-order valence-corrected chi connectivity index (χ2v) is 13.7. The normalized spacial score (nSPS) is 10.0. The van der Waals surface area contributed by atoms with Crippen LogP contribution < -0.4 is 80.6 Å². The number of nitrogens with zero attached hydrogens (tertiary/aromatic N) is 5. The number of aliphatic hydroxyl groups excluding tert-OH is 5. The number of aliphatic hydroxyl groups is 5. The maximum atomic E-state index is 8.39. The third-order valence-corrected chi connectivity index (χ3v) is 3.85. The average molecular weight is 752 g/mol. The maximum Gasteiger partial charge on any atom is 0.101 e. The van der Waals surface area contributed by atoms with E-state index in [1.807, 2.05) is 0 Å². The summed E-state index contributed by atoms with van der Waals surface area (Å²) in [5.41, 5.74) is 0. The van der Waals surface area contributed by atoms with Gasteiger partial charge in [0.15, 0.2) is 0 Å². The van der Waals surface area contributed by atoms with E-state index in [0.717, 1.165) is 55.1 Å². The van der Waals surface area contributed by atoms with Gasteiger partial charge in [-0.15, -0.1) is 0 Å². The van der Waals surface area contributed by atoms with Crippen LogP contribution in [0.3, 0.4) is 0 Å². The zero-order valence-electron chi connectivity index (χ0n) is 29.8. The summed E-state index contributed by atoms with van der Waals surface area (Å²) in [5, 5.41) is 41.9. The van der Waals surface area contributed by atoms with Crippen molar-refractivity contribution in [2.45, 2.75) is 0 Å². The van der Waals surface area contributed by atoms with Crippen molar-refractivity contribution in [1.82, 2.24) is 6.15 Å². The van der Waals surface area contributed by atoms with E-state index in [1.54, 1.807) is 0 Å². The number of likely N-dealkylation sites (N-methyl/N-ethyl adjacent to an activating group) is 5. The first-order chi connectivity index (χ1) is 15.3. The molecule has 0 atom stereocenters. The lowest BCUT2D eigenvalue weighted by Gasteiger charge is -2.21. The van der Waals surface area contributed by atoms with Gasteiger partial charge in [0.1, 0.15) is 32.7 Å². The fraction of sp³-hybridized carbons (Fsp3) is 1.00. The van der Waals surface area contributed by atoms with Gasteiger partial charge in [0.05, 0.1) is 139 Å². The summed E-state index contributed by atoms with van der Waals surface area (Å²) < 4.78 is 4.22. The van der Waals surface area contributed by atoms with Crippen LogP contribution in [0.5, 0.6) is 0 Å². The Labute approximate surface area is 298 Å². The van der Waals surface area contributed by atoms with Gasteiger partial charge >= 0.3 is 0 Å².